The van der Waals surface area contributed by atoms with Crippen LogP contribution in [0.3, 0.4) is 0 Å². The van der Waals surface area contributed by atoms with Crippen LogP contribution in [0.2, 0.25) is 0 Å². The summed E-state index contributed by atoms with van der Waals surface area (Å²) in [6.45, 7) is 0. The Hall–Kier alpha value is -4.11. The van der Waals surface area contributed by atoms with E-state index in [0.29, 0.717) is 11.4 Å². The number of nitriles is 1. The van der Waals surface area contributed by atoms with Gasteiger partial charge in [-0.3, -0.25) is 5.10 Å². The van der Waals surface area contributed by atoms with E-state index < -0.39 is 5.92 Å². The van der Waals surface area contributed by atoms with Crippen molar-refractivity contribution in [2.24, 2.45) is 5.73 Å². The zero-order valence-corrected chi connectivity index (χ0v) is 15.2. The lowest BCUT2D eigenvalue weighted by Gasteiger charge is -2.24. The molecular weight excluding hydrogens is 367 g/mol. The molecule has 0 fully saturated rings. The van der Waals surface area contributed by atoms with Gasteiger partial charge in [0.2, 0.25) is 11.8 Å². The van der Waals surface area contributed by atoms with E-state index in [0.717, 1.165) is 27.6 Å². The van der Waals surface area contributed by atoms with Gasteiger partial charge in [0.1, 0.15) is 17.5 Å². The number of benzene rings is 3. The van der Waals surface area contributed by atoms with Gasteiger partial charge in [0.15, 0.2) is 0 Å². The lowest BCUT2D eigenvalue weighted by atomic mass is 9.82. The van der Waals surface area contributed by atoms with Crippen molar-refractivity contribution in [2.45, 2.75) is 5.92 Å². The number of allylic oxidation sites excluding steroid dienone is 1. The van der Waals surface area contributed by atoms with Crippen LogP contribution < -0.4 is 10.5 Å². The monoisotopic (exact) mass is 382 g/mol. The van der Waals surface area contributed by atoms with Crippen molar-refractivity contribution in [3.8, 4) is 23.2 Å². The second kappa shape index (κ2) is 6.50. The van der Waals surface area contributed by atoms with Crippen LogP contribution in [0.4, 0.5) is 4.39 Å². The normalized spacial score (nSPS) is 15.7. The van der Waals surface area contributed by atoms with Gasteiger partial charge in [0, 0.05) is 5.56 Å². The molecule has 1 aliphatic rings. The summed E-state index contributed by atoms with van der Waals surface area (Å²) in [5.74, 6) is -0.543. The Morgan fingerprint density at radius 2 is 1.79 bits per heavy atom. The molecule has 6 heteroatoms. The molecule has 140 valence electrons. The predicted octanol–water partition coefficient (Wildman–Crippen LogP) is 4.59. The molecule has 0 saturated carbocycles. The Bertz CT molecular complexity index is 1310. The van der Waals surface area contributed by atoms with Gasteiger partial charge in [-0.15, -0.1) is 5.10 Å². The minimum atomic E-state index is -0.517. The number of fused-ring (bicyclic) bond motifs is 2. The molecule has 0 amide bonds. The Morgan fingerprint density at radius 1 is 1.03 bits per heavy atom. The third-order valence-corrected chi connectivity index (χ3v) is 5.20. The lowest BCUT2D eigenvalue weighted by Crippen LogP contribution is -2.21. The molecule has 3 aromatic carbocycles. The summed E-state index contributed by atoms with van der Waals surface area (Å²) in [6, 6.07) is 22.2. The van der Waals surface area contributed by atoms with Crippen LogP contribution in [0, 0.1) is 17.1 Å². The molecule has 4 aromatic rings. The number of H-pyrrole nitrogens is 1. The first-order chi connectivity index (χ1) is 14.2. The van der Waals surface area contributed by atoms with Crippen molar-refractivity contribution in [1.29, 1.82) is 5.26 Å². The summed E-state index contributed by atoms with van der Waals surface area (Å²) in [5, 5.41) is 19.3. The summed E-state index contributed by atoms with van der Waals surface area (Å²) in [4.78, 5) is 0. The first-order valence-electron chi connectivity index (χ1n) is 9.07. The number of hydrogen-bond acceptors (Lipinski definition) is 4. The van der Waals surface area contributed by atoms with E-state index in [1.54, 1.807) is 12.1 Å². The van der Waals surface area contributed by atoms with E-state index >= 15 is 0 Å². The molecular formula is C23H15FN4O. The predicted molar refractivity (Wildman–Crippen MR) is 107 cm³/mol. The molecule has 5 nitrogen and oxygen atoms in total. The number of nitrogens with zero attached hydrogens (tertiary/aromatic N) is 2. The highest BCUT2D eigenvalue weighted by Crippen LogP contribution is 2.46. The molecule has 29 heavy (non-hydrogen) atoms. The van der Waals surface area contributed by atoms with Crippen LogP contribution in [0.5, 0.6) is 5.88 Å². The standard InChI is InChI=1S/C23H15FN4O/c24-15-10-8-14(9-11-15)19-18(12-25)22(26)29-23-20(19)21(27-28-23)17-7-3-5-13-4-1-2-6-16(13)17/h1-11,19H,26H2,(H,27,28). The molecule has 1 aromatic heterocycles. The van der Waals surface area contributed by atoms with Gasteiger partial charge in [-0.05, 0) is 28.5 Å². The third kappa shape index (κ3) is 2.64. The minimum absolute atomic E-state index is 0.00490. The van der Waals surface area contributed by atoms with E-state index in [-0.39, 0.29) is 17.3 Å². The SMILES string of the molecule is N#CC1=C(N)Oc2n[nH]c(-c3cccc4ccccc34)c2C1c1ccc(F)cc1. The maximum Gasteiger partial charge on any atom is 0.244 e. The van der Waals surface area contributed by atoms with Gasteiger partial charge in [0.05, 0.1) is 17.2 Å². The fourth-order valence-electron chi connectivity index (χ4n) is 3.88. The molecule has 1 aliphatic heterocycles. The quantitative estimate of drug-likeness (QED) is 0.531. The molecule has 0 saturated heterocycles. The second-order valence-electron chi connectivity index (χ2n) is 6.82. The van der Waals surface area contributed by atoms with Gasteiger partial charge < -0.3 is 10.5 Å². The fourth-order valence-corrected chi connectivity index (χ4v) is 3.88. The smallest absolute Gasteiger partial charge is 0.244 e. The minimum Gasteiger partial charge on any atom is -0.420 e. The number of aromatic nitrogens is 2. The largest absolute Gasteiger partial charge is 0.420 e. The lowest BCUT2D eigenvalue weighted by molar-refractivity contribution is 0.379. The molecule has 0 radical (unpaired) electrons. The first-order valence-corrected chi connectivity index (χ1v) is 9.07. The number of rotatable bonds is 2. The number of ether oxygens (including phenoxy) is 1. The molecule has 0 bridgehead atoms. The van der Waals surface area contributed by atoms with Crippen LogP contribution in [-0.2, 0) is 0 Å². The number of nitrogens with two attached hydrogens (primary N) is 1. The Morgan fingerprint density at radius 3 is 2.59 bits per heavy atom. The van der Waals surface area contributed by atoms with E-state index in [9.17, 15) is 9.65 Å². The molecule has 1 atom stereocenters. The highest BCUT2D eigenvalue weighted by atomic mass is 19.1. The molecule has 5 rings (SSSR count). The maximum absolute atomic E-state index is 13.5. The van der Waals surface area contributed by atoms with Crippen LogP contribution in [0.25, 0.3) is 22.0 Å². The van der Waals surface area contributed by atoms with Crippen LogP contribution in [0.15, 0.2) is 78.2 Å². The van der Waals surface area contributed by atoms with Gasteiger partial charge >= 0.3 is 0 Å². The van der Waals surface area contributed by atoms with Gasteiger partial charge in [0.25, 0.3) is 0 Å². The first kappa shape index (κ1) is 17.0. The van der Waals surface area contributed by atoms with Gasteiger partial charge in [-0.25, -0.2) is 4.39 Å². The number of nitrogens with one attached hydrogen (secondary N) is 1. The van der Waals surface area contributed by atoms with Crippen molar-refractivity contribution in [3.63, 3.8) is 0 Å². The zero-order chi connectivity index (χ0) is 20.0. The van der Waals surface area contributed by atoms with Crippen LogP contribution in [-0.4, -0.2) is 10.2 Å². The van der Waals surface area contributed by atoms with Crippen molar-refractivity contribution >= 4 is 10.8 Å². The third-order valence-electron chi connectivity index (χ3n) is 5.20. The van der Waals surface area contributed by atoms with Crippen LogP contribution >= 0.6 is 0 Å². The average molecular weight is 382 g/mol. The maximum atomic E-state index is 13.5. The van der Waals surface area contributed by atoms with Gasteiger partial charge in [-0.2, -0.15) is 5.26 Å². The van der Waals surface area contributed by atoms with Crippen molar-refractivity contribution < 1.29 is 9.13 Å². The topological polar surface area (TPSA) is 87.7 Å². The van der Waals surface area contributed by atoms with E-state index in [1.807, 2.05) is 42.5 Å². The second-order valence-corrected chi connectivity index (χ2v) is 6.82. The molecule has 1 unspecified atom stereocenters. The van der Waals surface area contributed by atoms with E-state index in [2.05, 4.69) is 16.3 Å². The number of halogens is 1. The molecule has 2 heterocycles. The summed E-state index contributed by atoms with van der Waals surface area (Å²) >= 11 is 0. The molecule has 0 aliphatic carbocycles. The number of hydrogen-bond donors (Lipinski definition) is 2. The fraction of sp³-hybridized carbons (Fsp3) is 0.0435. The zero-order valence-electron chi connectivity index (χ0n) is 15.2. The Kier molecular flexibility index (Phi) is 3.81. The van der Waals surface area contributed by atoms with Gasteiger partial charge in [-0.1, -0.05) is 54.6 Å². The summed E-state index contributed by atoms with van der Waals surface area (Å²) < 4.78 is 19.2. The van der Waals surface area contributed by atoms with Crippen molar-refractivity contribution in [2.75, 3.05) is 0 Å². The van der Waals surface area contributed by atoms with Crippen molar-refractivity contribution in [1.82, 2.24) is 10.2 Å². The van der Waals surface area contributed by atoms with Crippen molar-refractivity contribution in [3.05, 3.63) is 95.1 Å². The highest BCUT2D eigenvalue weighted by molar-refractivity contribution is 5.97. The summed E-state index contributed by atoms with van der Waals surface area (Å²) in [6.07, 6.45) is 0. The highest BCUT2D eigenvalue weighted by Gasteiger charge is 2.35. The number of aromatic amines is 1. The Labute approximate surface area is 165 Å². The Balaban J connectivity index is 1.78. The van der Waals surface area contributed by atoms with E-state index in [1.165, 1.54) is 12.1 Å². The summed E-state index contributed by atoms with van der Waals surface area (Å²) in [5.41, 5.74) is 9.40. The summed E-state index contributed by atoms with van der Waals surface area (Å²) in [7, 11) is 0. The molecule has 3 N–H and O–H groups in total. The average Bonchev–Trinajstić information content (AvgIpc) is 3.16. The van der Waals surface area contributed by atoms with E-state index in [4.69, 9.17) is 10.5 Å². The molecule has 0 spiro atoms. The van der Waals surface area contributed by atoms with Crippen LogP contribution in [0.1, 0.15) is 17.0 Å².